The van der Waals surface area contributed by atoms with Gasteiger partial charge in [0.2, 0.25) is 0 Å². The smallest absolute Gasteiger partial charge is 0.326 e. The molecule has 7 heteroatoms. The van der Waals surface area contributed by atoms with Crippen LogP contribution in [-0.4, -0.2) is 42.2 Å². The number of thiophene rings is 1. The number of rotatable bonds is 3. The van der Waals surface area contributed by atoms with Crippen molar-refractivity contribution in [2.24, 2.45) is 0 Å². The molecule has 2 N–H and O–H groups in total. The predicted octanol–water partition coefficient (Wildman–Crippen LogP) is 2.69. The molecule has 0 bridgehead atoms. The number of carbonyl (C=O) groups is 1. The molecular weight excluding hydrogens is 384 g/mol. The highest BCUT2D eigenvalue weighted by Gasteiger charge is 2.29. The molecule has 0 saturated carbocycles. The van der Waals surface area contributed by atoms with Crippen molar-refractivity contribution in [3.63, 3.8) is 0 Å². The van der Waals surface area contributed by atoms with Gasteiger partial charge in [0.05, 0.1) is 3.79 Å². The van der Waals surface area contributed by atoms with Crippen molar-refractivity contribution in [1.82, 2.24) is 10.2 Å². The summed E-state index contributed by atoms with van der Waals surface area (Å²) in [5, 5.41) is 12.8. The molecule has 1 fully saturated rings. The van der Waals surface area contributed by atoms with Gasteiger partial charge in [-0.15, -0.1) is 11.3 Å². The summed E-state index contributed by atoms with van der Waals surface area (Å²) in [5.74, 6) is -0.779. The molecule has 4 nitrogen and oxygen atoms in total. The van der Waals surface area contributed by atoms with Crippen LogP contribution in [0.4, 0.5) is 0 Å². The maximum Gasteiger partial charge on any atom is 0.326 e. The number of carboxylic acids is 1. The predicted molar refractivity (Wildman–Crippen MR) is 79.2 cm³/mol. The molecule has 1 saturated heterocycles. The molecule has 0 aromatic carbocycles. The van der Waals surface area contributed by atoms with E-state index >= 15 is 0 Å². The van der Waals surface area contributed by atoms with Gasteiger partial charge in [0.15, 0.2) is 0 Å². The Morgan fingerprint density at radius 2 is 2.22 bits per heavy atom. The molecule has 2 heterocycles. The van der Waals surface area contributed by atoms with Crippen LogP contribution in [0.2, 0.25) is 0 Å². The van der Waals surface area contributed by atoms with Crippen molar-refractivity contribution in [2.45, 2.75) is 12.5 Å². The van der Waals surface area contributed by atoms with Crippen LogP contribution in [0.1, 0.15) is 17.3 Å². The van der Waals surface area contributed by atoms with Gasteiger partial charge in [-0.05, 0) is 50.9 Å². The Hall–Kier alpha value is 0.0500. The van der Waals surface area contributed by atoms with E-state index in [4.69, 9.17) is 0 Å². The molecule has 1 aromatic rings. The van der Waals surface area contributed by atoms with Gasteiger partial charge < -0.3 is 10.4 Å². The van der Waals surface area contributed by atoms with Crippen molar-refractivity contribution in [1.29, 1.82) is 0 Å². The van der Waals surface area contributed by atoms with Gasteiger partial charge in [-0.3, -0.25) is 9.69 Å². The second kappa shape index (κ2) is 6.47. The topological polar surface area (TPSA) is 52.6 Å². The lowest BCUT2D eigenvalue weighted by Gasteiger charge is -2.26. The molecule has 18 heavy (non-hydrogen) atoms. The third kappa shape index (κ3) is 3.33. The third-order valence-electron chi connectivity index (χ3n) is 2.91. The van der Waals surface area contributed by atoms with Gasteiger partial charge in [-0.2, -0.15) is 0 Å². The van der Waals surface area contributed by atoms with Crippen LogP contribution in [0.15, 0.2) is 14.3 Å². The van der Waals surface area contributed by atoms with Crippen molar-refractivity contribution < 1.29 is 9.90 Å². The van der Waals surface area contributed by atoms with E-state index in [0.29, 0.717) is 0 Å². The Labute approximate surface area is 127 Å². The SMILES string of the molecule is O=C(O)C(c1cc(Br)c(Br)s1)N1CCCNCC1. The normalized spacial score (nSPS) is 19.4. The fourth-order valence-corrected chi connectivity index (χ4v) is 4.30. The highest BCUT2D eigenvalue weighted by atomic mass is 79.9. The summed E-state index contributed by atoms with van der Waals surface area (Å²) < 4.78 is 1.86. The molecule has 1 aromatic heterocycles. The molecule has 100 valence electrons. The molecule has 0 aliphatic carbocycles. The minimum Gasteiger partial charge on any atom is -0.480 e. The molecule has 0 spiro atoms. The standard InChI is InChI=1S/C11H14Br2N2O2S/c12-7-6-8(18-10(7)13)9(11(16)17)15-4-1-2-14-3-5-15/h6,9,14H,1-5H2,(H,16,17). The van der Waals surface area contributed by atoms with Gasteiger partial charge in [-0.1, -0.05) is 0 Å². The van der Waals surface area contributed by atoms with Gasteiger partial charge in [0.25, 0.3) is 0 Å². The highest BCUT2D eigenvalue weighted by Crippen LogP contribution is 2.37. The first-order valence-corrected chi connectivity index (χ1v) is 8.12. The van der Waals surface area contributed by atoms with Gasteiger partial charge >= 0.3 is 5.97 Å². The van der Waals surface area contributed by atoms with E-state index in [-0.39, 0.29) is 0 Å². The van der Waals surface area contributed by atoms with E-state index in [1.54, 1.807) is 0 Å². The molecule has 0 radical (unpaired) electrons. The van der Waals surface area contributed by atoms with Gasteiger partial charge in [-0.25, -0.2) is 0 Å². The molecule has 0 amide bonds. The van der Waals surface area contributed by atoms with Gasteiger partial charge in [0.1, 0.15) is 6.04 Å². The average Bonchev–Trinajstić information content (AvgIpc) is 2.55. The van der Waals surface area contributed by atoms with Crippen molar-refractivity contribution in [2.75, 3.05) is 26.2 Å². The summed E-state index contributed by atoms with van der Waals surface area (Å²) in [4.78, 5) is 14.4. The van der Waals surface area contributed by atoms with Crippen molar-refractivity contribution in [3.8, 4) is 0 Å². The second-order valence-electron chi connectivity index (χ2n) is 4.15. The summed E-state index contributed by atoms with van der Waals surface area (Å²) in [5.41, 5.74) is 0. The number of carboxylic acid groups (broad SMARTS) is 1. The van der Waals surface area contributed by atoms with Crippen LogP contribution < -0.4 is 5.32 Å². The molecule has 1 aliphatic heterocycles. The van der Waals surface area contributed by atoms with Gasteiger partial charge in [0, 0.05) is 29.0 Å². The van der Waals surface area contributed by atoms with E-state index in [1.807, 2.05) is 11.0 Å². The number of hydrogen-bond donors (Lipinski definition) is 2. The summed E-state index contributed by atoms with van der Waals surface area (Å²) in [6, 6.07) is 1.35. The summed E-state index contributed by atoms with van der Waals surface area (Å²) in [6.07, 6.45) is 0.984. The van der Waals surface area contributed by atoms with E-state index in [2.05, 4.69) is 37.2 Å². The first kappa shape index (κ1) is 14.5. The zero-order valence-electron chi connectivity index (χ0n) is 9.66. The van der Waals surface area contributed by atoms with E-state index in [9.17, 15) is 9.90 Å². The number of hydrogen-bond acceptors (Lipinski definition) is 4. The van der Waals surface area contributed by atoms with E-state index in [0.717, 1.165) is 45.7 Å². The summed E-state index contributed by atoms with van der Waals surface area (Å²) >= 11 is 8.31. The van der Waals surface area contributed by atoms with E-state index < -0.39 is 12.0 Å². The summed E-state index contributed by atoms with van der Waals surface area (Å²) in [6.45, 7) is 3.39. The first-order valence-electron chi connectivity index (χ1n) is 5.72. The number of nitrogens with one attached hydrogen (secondary N) is 1. The number of aliphatic carboxylic acids is 1. The minimum atomic E-state index is -0.779. The molecule has 2 rings (SSSR count). The van der Waals surface area contributed by atoms with Crippen LogP contribution in [0, 0.1) is 0 Å². The Balaban J connectivity index is 2.24. The van der Waals surface area contributed by atoms with E-state index in [1.165, 1.54) is 11.3 Å². The maximum atomic E-state index is 11.5. The Kier molecular flexibility index (Phi) is 5.20. The lowest BCUT2D eigenvalue weighted by Crippen LogP contribution is -2.36. The third-order valence-corrected chi connectivity index (χ3v) is 6.22. The van der Waals surface area contributed by atoms with Crippen LogP contribution in [0.25, 0.3) is 0 Å². The second-order valence-corrected chi connectivity index (χ2v) is 7.41. The van der Waals surface area contributed by atoms with Crippen LogP contribution in [-0.2, 0) is 4.79 Å². The molecule has 1 atom stereocenters. The zero-order valence-corrected chi connectivity index (χ0v) is 13.6. The largest absolute Gasteiger partial charge is 0.480 e. The van der Waals surface area contributed by atoms with Crippen LogP contribution in [0.3, 0.4) is 0 Å². The van der Waals surface area contributed by atoms with Crippen molar-refractivity contribution in [3.05, 3.63) is 19.2 Å². The Morgan fingerprint density at radius 1 is 1.44 bits per heavy atom. The number of halogens is 2. The monoisotopic (exact) mass is 396 g/mol. The quantitative estimate of drug-likeness (QED) is 0.823. The van der Waals surface area contributed by atoms with Crippen LogP contribution >= 0.6 is 43.2 Å². The Morgan fingerprint density at radius 3 is 2.83 bits per heavy atom. The van der Waals surface area contributed by atoms with Crippen molar-refractivity contribution >= 4 is 49.2 Å². The zero-order chi connectivity index (χ0) is 13.1. The molecule has 1 aliphatic rings. The van der Waals surface area contributed by atoms with Crippen LogP contribution in [0.5, 0.6) is 0 Å². The maximum absolute atomic E-state index is 11.5. The summed E-state index contributed by atoms with van der Waals surface area (Å²) in [7, 11) is 0. The average molecular weight is 398 g/mol. The Bertz CT molecular complexity index is 411. The first-order chi connectivity index (χ1) is 8.59. The fraction of sp³-hybridized carbons (Fsp3) is 0.545. The lowest BCUT2D eigenvalue weighted by molar-refractivity contribution is -0.143. The minimum absolute atomic E-state index is 0.544. The fourth-order valence-electron chi connectivity index (χ4n) is 2.08. The number of nitrogens with zero attached hydrogens (tertiary/aromatic N) is 1. The molecule has 1 unspecified atom stereocenters. The molecular formula is C11H14Br2N2O2S. The lowest BCUT2D eigenvalue weighted by atomic mass is 10.2. The highest BCUT2D eigenvalue weighted by molar-refractivity contribution is 9.13.